The van der Waals surface area contributed by atoms with Gasteiger partial charge in [0.2, 0.25) is 5.91 Å². The molecule has 0 fully saturated rings. The number of hydrogen-bond acceptors (Lipinski definition) is 2. The highest BCUT2D eigenvalue weighted by Gasteiger charge is 2.07. The van der Waals surface area contributed by atoms with Gasteiger partial charge in [0.15, 0.2) is 0 Å². The normalized spacial score (nSPS) is 10.8. The van der Waals surface area contributed by atoms with E-state index in [9.17, 15) is 4.79 Å². The standard InChI is InChI=1S/C17H16ClN3O/c1-12-6-7-13(18)10-15(12)20-17(22)8-9-21-11-19-14-4-2-3-5-16(14)21/h2-7,10-11H,8-9H2,1H3,(H,20,22). The molecule has 0 bridgehead atoms. The smallest absolute Gasteiger partial charge is 0.226 e. The Morgan fingerprint density at radius 3 is 2.95 bits per heavy atom. The maximum atomic E-state index is 12.1. The lowest BCUT2D eigenvalue weighted by molar-refractivity contribution is -0.116. The summed E-state index contributed by atoms with van der Waals surface area (Å²) in [5, 5.41) is 3.52. The SMILES string of the molecule is Cc1ccc(Cl)cc1NC(=O)CCn1cnc2ccccc21. The molecule has 1 amide bonds. The van der Waals surface area contributed by atoms with E-state index < -0.39 is 0 Å². The van der Waals surface area contributed by atoms with Gasteiger partial charge in [0.05, 0.1) is 17.4 Å². The summed E-state index contributed by atoms with van der Waals surface area (Å²) < 4.78 is 1.99. The van der Waals surface area contributed by atoms with Crippen molar-refractivity contribution in [2.45, 2.75) is 19.9 Å². The minimum Gasteiger partial charge on any atom is -0.330 e. The molecule has 0 radical (unpaired) electrons. The number of halogens is 1. The zero-order valence-corrected chi connectivity index (χ0v) is 13.0. The first kappa shape index (κ1) is 14.6. The number of imidazole rings is 1. The number of para-hydroxylation sites is 2. The van der Waals surface area contributed by atoms with Crippen LogP contribution in [0.15, 0.2) is 48.8 Å². The molecule has 0 unspecified atom stereocenters. The lowest BCUT2D eigenvalue weighted by atomic mass is 10.2. The molecule has 0 aliphatic heterocycles. The van der Waals surface area contributed by atoms with Crippen molar-refractivity contribution in [3.63, 3.8) is 0 Å². The summed E-state index contributed by atoms with van der Waals surface area (Å²) in [6.45, 7) is 2.53. The van der Waals surface area contributed by atoms with Crippen molar-refractivity contribution in [3.05, 3.63) is 59.4 Å². The quantitative estimate of drug-likeness (QED) is 0.790. The van der Waals surface area contributed by atoms with Crippen LogP contribution in [-0.4, -0.2) is 15.5 Å². The molecule has 1 N–H and O–H groups in total. The number of carbonyl (C=O) groups excluding carboxylic acids is 1. The summed E-state index contributed by atoms with van der Waals surface area (Å²) in [6.07, 6.45) is 2.15. The molecule has 22 heavy (non-hydrogen) atoms. The van der Waals surface area contributed by atoms with Gasteiger partial charge >= 0.3 is 0 Å². The van der Waals surface area contributed by atoms with Gasteiger partial charge in [0.1, 0.15) is 0 Å². The van der Waals surface area contributed by atoms with Crippen molar-refractivity contribution >= 4 is 34.2 Å². The van der Waals surface area contributed by atoms with Gasteiger partial charge in [0, 0.05) is 23.7 Å². The minimum absolute atomic E-state index is 0.0388. The Morgan fingerprint density at radius 1 is 1.27 bits per heavy atom. The van der Waals surface area contributed by atoms with Gasteiger partial charge in [-0.1, -0.05) is 29.8 Å². The number of fused-ring (bicyclic) bond motifs is 1. The van der Waals surface area contributed by atoms with Crippen LogP contribution in [0.4, 0.5) is 5.69 Å². The topological polar surface area (TPSA) is 46.9 Å². The van der Waals surface area contributed by atoms with E-state index in [0.717, 1.165) is 22.3 Å². The molecular formula is C17H16ClN3O. The number of hydrogen-bond donors (Lipinski definition) is 1. The van der Waals surface area contributed by atoms with Crippen LogP contribution in [0.3, 0.4) is 0 Å². The molecule has 0 spiro atoms. The average Bonchev–Trinajstić information content (AvgIpc) is 2.92. The molecule has 3 rings (SSSR count). The van der Waals surface area contributed by atoms with Crippen LogP contribution in [0.25, 0.3) is 11.0 Å². The van der Waals surface area contributed by atoms with E-state index in [1.807, 2.05) is 47.9 Å². The predicted octanol–water partition coefficient (Wildman–Crippen LogP) is 4.03. The molecule has 1 aromatic heterocycles. The fourth-order valence-corrected chi connectivity index (χ4v) is 2.52. The second-order valence-corrected chi connectivity index (χ2v) is 5.62. The number of nitrogens with zero attached hydrogens (tertiary/aromatic N) is 2. The fraction of sp³-hybridized carbons (Fsp3) is 0.176. The maximum Gasteiger partial charge on any atom is 0.226 e. The number of amides is 1. The molecule has 0 saturated carbocycles. The highest BCUT2D eigenvalue weighted by Crippen LogP contribution is 2.20. The van der Waals surface area contributed by atoms with E-state index in [1.54, 1.807) is 12.4 Å². The molecule has 112 valence electrons. The molecule has 0 aliphatic rings. The third-order valence-electron chi connectivity index (χ3n) is 3.58. The zero-order valence-electron chi connectivity index (χ0n) is 12.2. The summed E-state index contributed by atoms with van der Waals surface area (Å²) in [6, 6.07) is 13.3. The molecule has 0 atom stereocenters. The third-order valence-corrected chi connectivity index (χ3v) is 3.82. The second-order valence-electron chi connectivity index (χ2n) is 5.18. The monoisotopic (exact) mass is 313 g/mol. The van der Waals surface area contributed by atoms with Crippen LogP contribution in [0, 0.1) is 6.92 Å². The highest BCUT2D eigenvalue weighted by molar-refractivity contribution is 6.31. The van der Waals surface area contributed by atoms with Crippen molar-refractivity contribution in [3.8, 4) is 0 Å². The Morgan fingerprint density at radius 2 is 2.09 bits per heavy atom. The van der Waals surface area contributed by atoms with Crippen LogP contribution >= 0.6 is 11.6 Å². The first-order valence-electron chi connectivity index (χ1n) is 7.09. The molecular weight excluding hydrogens is 298 g/mol. The van der Waals surface area contributed by atoms with Crippen molar-refractivity contribution in [2.75, 3.05) is 5.32 Å². The summed E-state index contributed by atoms with van der Waals surface area (Å²) in [4.78, 5) is 16.4. The van der Waals surface area contributed by atoms with Gasteiger partial charge < -0.3 is 9.88 Å². The van der Waals surface area contributed by atoms with Crippen LogP contribution in [-0.2, 0) is 11.3 Å². The summed E-state index contributed by atoms with van der Waals surface area (Å²) in [5.41, 5.74) is 3.72. The van der Waals surface area contributed by atoms with Crippen molar-refractivity contribution < 1.29 is 4.79 Å². The Hall–Kier alpha value is -2.33. The number of benzene rings is 2. The lowest BCUT2D eigenvalue weighted by Crippen LogP contribution is -2.15. The Labute approximate surface area is 133 Å². The van der Waals surface area contributed by atoms with Gasteiger partial charge in [-0.15, -0.1) is 0 Å². The number of anilines is 1. The summed E-state index contributed by atoms with van der Waals surface area (Å²) in [5.74, 6) is -0.0388. The number of carbonyl (C=O) groups is 1. The fourth-order valence-electron chi connectivity index (χ4n) is 2.35. The van der Waals surface area contributed by atoms with E-state index in [-0.39, 0.29) is 5.91 Å². The van der Waals surface area contributed by atoms with Crippen LogP contribution in [0.1, 0.15) is 12.0 Å². The largest absolute Gasteiger partial charge is 0.330 e. The van der Waals surface area contributed by atoms with E-state index in [4.69, 9.17) is 11.6 Å². The number of aromatic nitrogens is 2. The first-order valence-corrected chi connectivity index (χ1v) is 7.47. The zero-order chi connectivity index (χ0) is 15.5. The molecule has 5 heteroatoms. The number of aryl methyl sites for hydroxylation is 2. The second kappa shape index (κ2) is 6.20. The summed E-state index contributed by atoms with van der Waals surface area (Å²) in [7, 11) is 0. The van der Waals surface area contributed by atoms with E-state index in [2.05, 4.69) is 10.3 Å². The van der Waals surface area contributed by atoms with Gasteiger partial charge in [0.25, 0.3) is 0 Å². The van der Waals surface area contributed by atoms with Crippen molar-refractivity contribution in [1.82, 2.24) is 9.55 Å². The van der Waals surface area contributed by atoms with E-state index >= 15 is 0 Å². The number of rotatable bonds is 4. The van der Waals surface area contributed by atoms with Crippen molar-refractivity contribution in [2.24, 2.45) is 0 Å². The van der Waals surface area contributed by atoms with Crippen LogP contribution in [0.2, 0.25) is 5.02 Å². The maximum absolute atomic E-state index is 12.1. The Kier molecular flexibility index (Phi) is 4.11. The van der Waals surface area contributed by atoms with Gasteiger partial charge in [-0.2, -0.15) is 0 Å². The van der Waals surface area contributed by atoms with E-state index in [1.165, 1.54) is 0 Å². The lowest BCUT2D eigenvalue weighted by Gasteiger charge is -2.09. The molecule has 0 aliphatic carbocycles. The minimum atomic E-state index is -0.0388. The predicted molar refractivity (Wildman–Crippen MR) is 89.2 cm³/mol. The Balaban J connectivity index is 1.66. The molecule has 3 aromatic rings. The van der Waals surface area contributed by atoms with Gasteiger partial charge in [-0.05, 0) is 36.8 Å². The summed E-state index contributed by atoms with van der Waals surface area (Å²) >= 11 is 5.96. The van der Waals surface area contributed by atoms with Gasteiger partial charge in [-0.25, -0.2) is 4.98 Å². The van der Waals surface area contributed by atoms with Crippen LogP contribution in [0.5, 0.6) is 0 Å². The molecule has 0 saturated heterocycles. The molecule has 1 heterocycles. The molecule has 2 aromatic carbocycles. The first-order chi connectivity index (χ1) is 10.6. The number of nitrogens with one attached hydrogen (secondary N) is 1. The molecule has 4 nitrogen and oxygen atoms in total. The van der Waals surface area contributed by atoms with Crippen molar-refractivity contribution in [1.29, 1.82) is 0 Å². The highest BCUT2D eigenvalue weighted by atomic mass is 35.5. The Bertz CT molecular complexity index is 826. The van der Waals surface area contributed by atoms with Gasteiger partial charge in [-0.3, -0.25) is 4.79 Å². The van der Waals surface area contributed by atoms with E-state index in [0.29, 0.717) is 18.0 Å². The van der Waals surface area contributed by atoms with Crippen LogP contribution < -0.4 is 5.32 Å². The average molecular weight is 314 g/mol. The third kappa shape index (κ3) is 3.12.